The molecular formula is C15H21N3OS. The Morgan fingerprint density at radius 3 is 2.65 bits per heavy atom. The normalized spacial score (nSPS) is 12.6. The number of anilines is 1. The lowest BCUT2D eigenvalue weighted by Crippen LogP contribution is -2.09. The van der Waals surface area contributed by atoms with Crippen molar-refractivity contribution in [3.63, 3.8) is 0 Å². The van der Waals surface area contributed by atoms with E-state index in [-0.39, 0.29) is 6.04 Å². The number of phenols is 1. The molecule has 0 radical (unpaired) electrons. The molecule has 1 atom stereocenters. The van der Waals surface area contributed by atoms with Crippen molar-refractivity contribution in [1.82, 2.24) is 10.2 Å². The topological polar surface area (TPSA) is 58.0 Å². The first-order chi connectivity index (χ1) is 9.60. The fraction of sp³-hybridized carbons (Fsp3) is 0.467. The fourth-order valence-corrected chi connectivity index (χ4v) is 3.08. The summed E-state index contributed by atoms with van der Waals surface area (Å²) in [6.07, 6.45) is 1.82. The van der Waals surface area contributed by atoms with Crippen molar-refractivity contribution in [2.45, 2.75) is 39.7 Å². The van der Waals surface area contributed by atoms with Crippen LogP contribution in [0.4, 0.5) is 5.13 Å². The number of nitrogens with one attached hydrogen (secondary N) is 1. The second-order valence-electron chi connectivity index (χ2n) is 5.26. The third-order valence-electron chi connectivity index (χ3n) is 3.07. The average Bonchev–Trinajstić information content (AvgIpc) is 2.83. The molecule has 0 spiro atoms. The van der Waals surface area contributed by atoms with Crippen molar-refractivity contribution in [3.05, 3.63) is 34.8 Å². The van der Waals surface area contributed by atoms with Crippen LogP contribution < -0.4 is 5.32 Å². The molecule has 2 N–H and O–H groups in total. The predicted octanol–water partition coefficient (Wildman–Crippen LogP) is 4.01. The number of para-hydroxylation sites is 1. The maximum Gasteiger partial charge on any atom is 0.206 e. The van der Waals surface area contributed by atoms with Crippen molar-refractivity contribution >= 4 is 16.5 Å². The molecule has 1 heterocycles. The second kappa shape index (κ2) is 6.70. The Bertz CT molecular complexity index is 554. The van der Waals surface area contributed by atoms with Gasteiger partial charge in [0.25, 0.3) is 0 Å². The van der Waals surface area contributed by atoms with E-state index in [2.05, 4.69) is 36.3 Å². The van der Waals surface area contributed by atoms with Gasteiger partial charge in [-0.1, -0.05) is 50.3 Å². The number of hydrogen-bond donors (Lipinski definition) is 2. The molecule has 0 bridgehead atoms. The van der Waals surface area contributed by atoms with Gasteiger partial charge in [-0.25, -0.2) is 0 Å². The molecule has 2 aromatic rings. The molecule has 4 nitrogen and oxygen atoms in total. The zero-order valence-electron chi connectivity index (χ0n) is 12.1. The highest BCUT2D eigenvalue weighted by Crippen LogP contribution is 2.30. The first kappa shape index (κ1) is 14.8. The molecule has 2 rings (SSSR count). The molecule has 0 fully saturated rings. The van der Waals surface area contributed by atoms with Crippen LogP contribution in [0.1, 0.15) is 43.8 Å². The van der Waals surface area contributed by atoms with Gasteiger partial charge in [0.05, 0.1) is 6.04 Å². The Balaban J connectivity index is 2.11. The van der Waals surface area contributed by atoms with Gasteiger partial charge >= 0.3 is 0 Å². The Morgan fingerprint density at radius 2 is 2.00 bits per heavy atom. The van der Waals surface area contributed by atoms with Crippen molar-refractivity contribution < 1.29 is 5.11 Å². The number of hydrogen-bond acceptors (Lipinski definition) is 5. The van der Waals surface area contributed by atoms with E-state index in [1.807, 2.05) is 18.2 Å². The molecule has 108 valence electrons. The maximum absolute atomic E-state index is 9.94. The molecule has 20 heavy (non-hydrogen) atoms. The van der Waals surface area contributed by atoms with E-state index in [0.717, 1.165) is 28.5 Å². The molecule has 0 amide bonds. The van der Waals surface area contributed by atoms with Crippen LogP contribution in [-0.4, -0.2) is 15.3 Å². The SMILES string of the molecule is CCC(Nc1nnc(CC(C)C)s1)c1ccccc1O. The van der Waals surface area contributed by atoms with Gasteiger partial charge in [-0.05, 0) is 18.4 Å². The predicted molar refractivity (Wildman–Crippen MR) is 83.2 cm³/mol. The number of aromatic nitrogens is 2. The first-order valence-electron chi connectivity index (χ1n) is 6.97. The number of nitrogens with zero attached hydrogens (tertiary/aromatic N) is 2. The zero-order valence-corrected chi connectivity index (χ0v) is 12.9. The highest BCUT2D eigenvalue weighted by molar-refractivity contribution is 7.15. The fourth-order valence-electron chi connectivity index (χ4n) is 2.07. The summed E-state index contributed by atoms with van der Waals surface area (Å²) in [6, 6.07) is 7.47. The minimum atomic E-state index is 0.0519. The molecule has 5 heteroatoms. The molecule has 0 aliphatic carbocycles. The van der Waals surface area contributed by atoms with Crippen LogP contribution in [0, 0.1) is 5.92 Å². The maximum atomic E-state index is 9.94. The van der Waals surface area contributed by atoms with E-state index < -0.39 is 0 Å². The number of rotatable bonds is 6. The summed E-state index contributed by atoms with van der Waals surface area (Å²) in [5.41, 5.74) is 0.899. The van der Waals surface area contributed by atoms with Gasteiger partial charge in [0.2, 0.25) is 5.13 Å². The van der Waals surface area contributed by atoms with E-state index in [1.54, 1.807) is 17.4 Å². The third kappa shape index (κ3) is 3.70. The van der Waals surface area contributed by atoms with Gasteiger partial charge in [0, 0.05) is 12.0 Å². The average molecular weight is 291 g/mol. The van der Waals surface area contributed by atoms with Gasteiger partial charge in [-0.15, -0.1) is 10.2 Å². The van der Waals surface area contributed by atoms with E-state index in [9.17, 15) is 5.11 Å². The van der Waals surface area contributed by atoms with Gasteiger partial charge in [0.1, 0.15) is 10.8 Å². The summed E-state index contributed by atoms with van der Waals surface area (Å²) in [4.78, 5) is 0. The third-order valence-corrected chi connectivity index (χ3v) is 3.94. The highest BCUT2D eigenvalue weighted by Gasteiger charge is 2.15. The van der Waals surface area contributed by atoms with Crippen molar-refractivity contribution in [3.8, 4) is 5.75 Å². The summed E-state index contributed by atoms with van der Waals surface area (Å²) < 4.78 is 0. The Kier molecular flexibility index (Phi) is 4.95. The summed E-state index contributed by atoms with van der Waals surface area (Å²) in [5, 5.41) is 23.6. The van der Waals surface area contributed by atoms with Gasteiger partial charge < -0.3 is 10.4 Å². The summed E-state index contributed by atoms with van der Waals surface area (Å²) in [6.45, 7) is 6.43. The first-order valence-corrected chi connectivity index (χ1v) is 7.78. The largest absolute Gasteiger partial charge is 0.508 e. The molecule has 0 aliphatic rings. The minimum Gasteiger partial charge on any atom is -0.508 e. The molecule has 0 aliphatic heterocycles. The lowest BCUT2D eigenvalue weighted by atomic mass is 10.0. The molecule has 0 saturated heterocycles. The van der Waals surface area contributed by atoms with Crippen LogP contribution >= 0.6 is 11.3 Å². The van der Waals surface area contributed by atoms with Gasteiger partial charge in [-0.2, -0.15) is 0 Å². The Labute approximate surface area is 123 Å². The van der Waals surface area contributed by atoms with Crippen molar-refractivity contribution in [1.29, 1.82) is 0 Å². The molecule has 0 saturated carbocycles. The molecule has 1 aromatic carbocycles. The van der Waals surface area contributed by atoms with Crippen LogP contribution in [-0.2, 0) is 6.42 Å². The minimum absolute atomic E-state index is 0.0519. The summed E-state index contributed by atoms with van der Waals surface area (Å²) in [5.74, 6) is 0.898. The number of aromatic hydroxyl groups is 1. The van der Waals surface area contributed by atoms with E-state index in [0.29, 0.717) is 11.7 Å². The van der Waals surface area contributed by atoms with Crippen LogP contribution in [0.25, 0.3) is 0 Å². The standard InChI is InChI=1S/C15H21N3OS/c1-4-12(11-7-5-6-8-13(11)19)16-15-18-17-14(20-15)9-10(2)3/h5-8,10,12,19H,4,9H2,1-3H3,(H,16,18). The van der Waals surface area contributed by atoms with Crippen molar-refractivity contribution in [2.75, 3.05) is 5.32 Å². The Morgan fingerprint density at radius 1 is 1.25 bits per heavy atom. The Hall–Kier alpha value is -1.62. The number of phenolic OH excluding ortho intramolecular Hbond substituents is 1. The van der Waals surface area contributed by atoms with Crippen LogP contribution in [0.15, 0.2) is 24.3 Å². The smallest absolute Gasteiger partial charge is 0.206 e. The second-order valence-corrected chi connectivity index (χ2v) is 6.32. The quantitative estimate of drug-likeness (QED) is 0.844. The highest BCUT2D eigenvalue weighted by atomic mass is 32.1. The summed E-state index contributed by atoms with van der Waals surface area (Å²) >= 11 is 1.59. The van der Waals surface area contributed by atoms with Crippen molar-refractivity contribution in [2.24, 2.45) is 5.92 Å². The van der Waals surface area contributed by atoms with E-state index >= 15 is 0 Å². The monoisotopic (exact) mass is 291 g/mol. The van der Waals surface area contributed by atoms with Crippen LogP contribution in [0.5, 0.6) is 5.75 Å². The van der Waals surface area contributed by atoms with Gasteiger partial charge in [0.15, 0.2) is 0 Å². The number of benzene rings is 1. The van der Waals surface area contributed by atoms with Crippen LogP contribution in [0.3, 0.4) is 0 Å². The molecular weight excluding hydrogens is 270 g/mol. The lowest BCUT2D eigenvalue weighted by molar-refractivity contribution is 0.462. The van der Waals surface area contributed by atoms with E-state index in [4.69, 9.17) is 0 Å². The zero-order chi connectivity index (χ0) is 14.5. The molecule has 1 aromatic heterocycles. The summed E-state index contributed by atoms with van der Waals surface area (Å²) in [7, 11) is 0. The van der Waals surface area contributed by atoms with E-state index in [1.165, 1.54) is 0 Å². The van der Waals surface area contributed by atoms with Crippen LogP contribution in [0.2, 0.25) is 0 Å². The van der Waals surface area contributed by atoms with Gasteiger partial charge in [-0.3, -0.25) is 0 Å². The molecule has 1 unspecified atom stereocenters. The lowest BCUT2D eigenvalue weighted by Gasteiger charge is -2.17.